The van der Waals surface area contributed by atoms with Crippen molar-refractivity contribution in [3.8, 4) is 5.75 Å². The normalized spacial score (nSPS) is 12.5. The maximum absolute atomic E-state index is 12.2. The van der Waals surface area contributed by atoms with Crippen molar-refractivity contribution in [3.05, 3.63) is 65.2 Å². The highest BCUT2D eigenvalue weighted by atomic mass is 16.5. The maximum atomic E-state index is 12.2. The molecule has 0 saturated carbocycles. The molecule has 1 heterocycles. The van der Waals surface area contributed by atoms with Crippen LogP contribution < -0.4 is 10.1 Å². The standard InChI is InChI=1S/C20H18N2O6/c1-2-27-16-10-6-5-9-15(16)18(24)21-11-17(23)28-12-22-19(25)13-7-3-4-8-14(13)20(22)26/h3-10H,2,11-12H2,1H3,(H,21,24). The second kappa shape index (κ2) is 8.34. The summed E-state index contributed by atoms with van der Waals surface area (Å²) in [6, 6.07) is 13.0. The van der Waals surface area contributed by atoms with Crippen molar-refractivity contribution >= 4 is 23.7 Å². The monoisotopic (exact) mass is 382 g/mol. The Hall–Kier alpha value is -3.68. The van der Waals surface area contributed by atoms with Crippen LogP contribution in [0.15, 0.2) is 48.5 Å². The van der Waals surface area contributed by atoms with Gasteiger partial charge in [-0.1, -0.05) is 24.3 Å². The third-order valence-corrected chi connectivity index (χ3v) is 4.06. The van der Waals surface area contributed by atoms with Crippen molar-refractivity contribution in [1.29, 1.82) is 0 Å². The SMILES string of the molecule is CCOc1ccccc1C(=O)NCC(=O)OCN1C(=O)c2ccccc2C1=O. The van der Waals surface area contributed by atoms with Gasteiger partial charge in [-0.25, -0.2) is 4.90 Å². The van der Waals surface area contributed by atoms with Gasteiger partial charge in [-0.2, -0.15) is 0 Å². The summed E-state index contributed by atoms with van der Waals surface area (Å²) in [5.41, 5.74) is 0.825. The summed E-state index contributed by atoms with van der Waals surface area (Å²) in [4.78, 5) is 49.4. The first-order valence-corrected chi connectivity index (χ1v) is 8.63. The lowest BCUT2D eigenvalue weighted by Crippen LogP contribution is -2.36. The molecule has 144 valence electrons. The number of carbonyl (C=O) groups is 4. The fourth-order valence-electron chi connectivity index (χ4n) is 2.73. The average Bonchev–Trinajstić information content (AvgIpc) is 2.96. The van der Waals surface area contributed by atoms with E-state index in [1.165, 1.54) is 12.1 Å². The number of imide groups is 1. The molecule has 2 aromatic carbocycles. The van der Waals surface area contributed by atoms with E-state index in [0.29, 0.717) is 12.4 Å². The Morgan fingerprint density at radius 3 is 2.21 bits per heavy atom. The first kappa shape index (κ1) is 19.1. The van der Waals surface area contributed by atoms with Gasteiger partial charge in [0.2, 0.25) is 0 Å². The second-order valence-electron chi connectivity index (χ2n) is 5.84. The van der Waals surface area contributed by atoms with Gasteiger partial charge in [-0.3, -0.25) is 19.2 Å². The van der Waals surface area contributed by atoms with E-state index in [1.807, 2.05) is 0 Å². The summed E-state index contributed by atoms with van der Waals surface area (Å²) in [6.45, 7) is 1.26. The molecule has 0 aliphatic carbocycles. The van der Waals surface area contributed by atoms with Crippen molar-refractivity contribution in [3.63, 3.8) is 0 Å². The van der Waals surface area contributed by atoms with Crippen molar-refractivity contribution in [2.24, 2.45) is 0 Å². The van der Waals surface area contributed by atoms with E-state index < -0.39 is 37.0 Å². The topological polar surface area (TPSA) is 102 Å². The number of rotatable bonds is 7. The summed E-state index contributed by atoms with van der Waals surface area (Å²) < 4.78 is 10.3. The van der Waals surface area contributed by atoms with E-state index >= 15 is 0 Å². The number of benzene rings is 2. The quantitative estimate of drug-likeness (QED) is 0.577. The van der Waals surface area contributed by atoms with Gasteiger partial charge in [-0.15, -0.1) is 0 Å². The smallest absolute Gasteiger partial charge is 0.327 e. The molecule has 0 fully saturated rings. The van der Waals surface area contributed by atoms with E-state index in [-0.39, 0.29) is 16.7 Å². The lowest BCUT2D eigenvalue weighted by molar-refractivity contribution is -0.145. The van der Waals surface area contributed by atoms with Gasteiger partial charge < -0.3 is 14.8 Å². The van der Waals surface area contributed by atoms with Crippen molar-refractivity contribution < 1.29 is 28.7 Å². The fourth-order valence-corrected chi connectivity index (χ4v) is 2.73. The van der Waals surface area contributed by atoms with Crippen molar-refractivity contribution in [1.82, 2.24) is 10.2 Å². The zero-order chi connectivity index (χ0) is 20.1. The number of nitrogens with zero attached hydrogens (tertiary/aromatic N) is 1. The van der Waals surface area contributed by atoms with Gasteiger partial charge >= 0.3 is 5.97 Å². The molecule has 1 aliphatic heterocycles. The van der Waals surface area contributed by atoms with Crippen LogP contribution in [-0.2, 0) is 9.53 Å². The number of hydrogen-bond acceptors (Lipinski definition) is 6. The van der Waals surface area contributed by atoms with E-state index in [0.717, 1.165) is 4.90 Å². The number of fused-ring (bicyclic) bond motifs is 1. The largest absolute Gasteiger partial charge is 0.493 e. The maximum Gasteiger partial charge on any atom is 0.327 e. The Morgan fingerprint density at radius 1 is 0.964 bits per heavy atom. The minimum absolute atomic E-state index is 0.268. The van der Waals surface area contributed by atoms with Gasteiger partial charge in [0.25, 0.3) is 17.7 Å². The molecule has 0 unspecified atom stereocenters. The van der Waals surface area contributed by atoms with Crippen LogP contribution in [0.1, 0.15) is 38.0 Å². The number of nitrogens with one attached hydrogen (secondary N) is 1. The molecular weight excluding hydrogens is 364 g/mol. The summed E-state index contributed by atoms with van der Waals surface area (Å²) in [5, 5.41) is 2.43. The van der Waals surface area contributed by atoms with E-state index in [1.54, 1.807) is 43.3 Å². The fraction of sp³-hybridized carbons (Fsp3) is 0.200. The molecule has 0 aromatic heterocycles. The highest BCUT2D eigenvalue weighted by Crippen LogP contribution is 2.22. The number of amides is 3. The molecule has 0 atom stereocenters. The Labute approximate surface area is 161 Å². The molecule has 0 spiro atoms. The molecule has 0 saturated heterocycles. The number of ether oxygens (including phenoxy) is 2. The summed E-state index contributed by atoms with van der Waals surface area (Å²) in [6.07, 6.45) is 0. The van der Waals surface area contributed by atoms with Crippen LogP contribution in [-0.4, -0.2) is 48.5 Å². The summed E-state index contributed by atoms with van der Waals surface area (Å²) in [5.74, 6) is -1.92. The van der Waals surface area contributed by atoms with Gasteiger partial charge in [0.1, 0.15) is 12.3 Å². The lowest BCUT2D eigenvalue weighted by Gasteiger charge is -2.14. The highest BCUT2D eigenvalue weighted by Gasteiger charge is 2.35. The Kier molecular flexibility index (Phi) is 5.69. The van der Waals surface area contributed by atoms with Crippen molar-refractivity contribution in [2.45, 2.75) is 6.92 Å². The third kappa shape index (κ3) is 3.85. The molecule has 3 amide bonds. The lowest BCUT2D eigenvalue weighted by atomic mass is 10.1. The second-order valence-corrected chi connectivity index (χ2v) is 5.84. The molecule has 8 nitrogen and oxygen atoms in total. The first-order chi connectivity index (χ1) is 13.5. The zero-order valence-corrected chi connectivity index (χ0v) is 15.1. The molecule has 1 N–H and O–H groups in total. The van der Waals surface area contributed by atoms with Crippen LogP contribution in [0, 0.1) is 0 Å². The summed E-state index contributed by atoms with van der Waals surface area (Å²) >= 11 is 0. The average molecular weight is 382 g/mol. The van der Waals surface area contributed by atoms with Crippen LogP contribution in [0.4, 0.5) is 0 Å². The van der Waals surface area contributed by atoms with Crippen LogP contribution in [0.25, 0.3) is 0 Å². The Bertz CT molecular complexity index is 905. The van der Waals surface area contributed by atoms with Gasteiger partial charge in [0, 0.05) is 0 Å². The van der Waals surface area contributed by atoms with Crippen LogP contribution in [0.3, 0.4) is 0 Å². The van der Waals surface area contributed by atoms with Gasteiger partial charge in [0.05, 0.1) is 23.3 Å². The number of carbonyl (C=O) groups excluding carboxylic acids is 4. The molecule has 8 heteroatoms. The summed E-state index contributed by atoms with van der Waals surface area (Å²) in [7, 11) is 0. The van der Waals surface area contributed by atoms with E-state index in [9.17, 15) is 19.2 Å². The number of para-hydroxylation sites is 1. The highest BCUT2D eigenvalue weighted by molar-refractivity contribution is 6.21. The first-order valence-electron chi connectivity index (χ1n) is 8.63. The molecule has 28 heavy (non-hydrogen) atoms. The molecule has 3 rings (SSSR count). The molecule has 0 radical (unpaired) electrons. The van der Waals surface area contributed by atoms with Crippen LogP contribution in [0.2, 0.25) is 0 Å². The minimum Gasteiger partial charge on any atom is -0.493 e. The van der Waals surface area contributed by atoms with Crippen LogP contribution in [0.5, 0.6) is 5.75 Å². The predicted octanol–water partition coefficient (Wildman–Crippen LogP) is 1.61. The Morgan fingerprint density at radius 2 is 1.57 bits per heavy atom. The number of hydrogen-bond donors (Lipinski definition) is 1. The van der Waals surface area contributed by atoms with Gasteiger partial charge in [0.15, 0.2) is 6.73 Å². The molecular formula is C20H18N2O6. The Balaban J connectivity index is 1.53. The van der Waals surface area contributed by atoms with Crippen LogP contribution >= 0.6 is 0 Å². The zero-order valence-electron chi connectivity index (χ0n) is 15.1. The molecule has 2 aromatic rings. The number of esters is 1. The van der Waals surface area contributed by atoms with Gasteiger partial charge in [-0.05, 0) is 31.2 Å². The molecule has 1 aliphatic rings. The van der Waals surface area contributed by atoms with Crippen molar-refractivity contribution in [2.75, 3.05) is 19.9 Å². The predicted molar refractivity (Wildman–Crippen MR) is 97.8 cm³/mol. The minimum atomic E-state index is -0.779. The molecule has 0 bridgehead atoms. The van der Waals surface area contributed by atoms with E-state index in [4.69, 9.17) is 9.47 Å². The van der Waals surface area contributed by atoms with E-state index in [2.05, 4.69) is 5.32 Å². The third-order valence-electron chi connectivity index (χ3n) is 4.06.